The van der Waals surface area contributed by atoms with E-state index in [1.165, 1.54) is 83.5 Å². The Hall–Kier alpha value is -9.12. The maximum atomic E-state index is 12.7. The molecule has 8 aromatic carbocycles. The highest BCUT2D eigenvalue weighted by Crippen LogP contribution is 2.28. The van der Waals surface area contributed by atoms with Gasteiger partial charge in [-0.3, -0.25) is 0 Å². The largest absolute Gasteiger partial charge is 0.494 e. The van der Waals surface area contributed by atoms with E-state index in [-0.39, 0.29) is 11.9 Å². The molecule has 10 heteroatoms. The van der Waals surface area contributed by atoms with Gasteiger partial charge >= 0.3 is 11.9 Å². The van der Waals surface area contributed by atoms with E-state index < -0.39 is 0 Å². The second kappa shape index (κ2) is 41.4. The number of hydrogen-bond acceptors (Lipinski definition) is 10. The summed E-state index contributed by atoms with van der Waals surface area (Å²) in [5, 5.41) is 18.0. The third kappa shape index (κ3) is 25.8. The molecule has 0 aliphatic carbocycles. The van der Waals surface area contributed by atoms with Crippen molar-refractivity contribution < 1.29 is 38.0 Å². The van der Waals surface area contributed by atoms with Gasteiger partial charge in [0.15, 0.2) is 0 Å². The SMILES string of the molecule is N#Cc1ccc(-c2ccc(OCCCCCCCCCCOC(=O)c3ccc(-c4ccc(OCCCCCCCCCCCOc5ccc(-c6ccc(C(=O)OCCCCCCCCCCOc7ccc(-c8ccc(C#N)cc8)cc7)cc6)cc5)cc4)cc3)cc2)cc1. The second-order valence-corrected chi connectivity index (χ2v) is 24.1. The fourth-order valence-corrected chi connectivity index (χ4v) is 11.3. The monoisotopic (exact) mass is 1250 g/mol. The zero-order valence-electron chi connectivity index (χ0n) is 54.6. The number of rotatable bonds is 44. The van der Waals surface area contributed by atoms with Crippen LogP contribution in [0, 0.1) is 22.7 Å². The molecule has 10 nitrogen and oxygen atoms in total. The lowest BCUT2D eigenvalue weighted by molar-refractivity contribution is 0.0488. The summed E-state index contributed by atoms with van der Waals surface area (Å²) in [6.07, 6.45) is 28.4. The summed E-state index contributed by atoms with van der Waals surface area (Å²) in [5.74, 6) is 2.98. The van der Waals surface area contributed by atoms with Crippen LogP contribution in [0.5, 0.6) is 23.0 Å². The maximum Gasteiger partial charge on any atom is 0.338 e. The summed E-state index contributed by atoms with van der Waals surface area (Å²) >= 11 is 0. The first-order valence-electron chi connectivity index (χ1n) is 34.4. The quantitative estimate of drug-likeness (QED) is 0.0268. The first-order valence-corrected chi connectivity index (χ1v) is 34.4. The average molecular weight is 1250 g/mol. The lowest BCUT2D eigenvalue weighted by atomic mass is 10.0. The molecule has 0 atom stereocenters. The van der Waals surface area contributed by atoms with Crippen molar-refractivity contribution in [2.75, 3.05) is 39.6 Å². The van der Waals surface area contributed by atoms with Gasteiger partial charge in [0.25, 0.3) is 0 Å². The minimum absolute atomic E-state index is 0.270. The molecule has 0 bridgehead atoms. The predicted octanol–water partition coefficient (Wildman–Crippen LogP) is 21.8. The zero-order valence-corrected chi connectivity index (χ0v) is 54.6. The summed E-state index contributed by atoms with van der Waals surface area (Å²) in [7, 11) is 0. The van der Waals surface area contributed by atoms with Crippen molar-refractivity contribution in [1.29, 1.82) is 10.5 Å². The van der Waals surface area contributed by atoms with E-state index in [1.807, 2.05) is 146 Å². The molecule has 0 saturated carbocycles. The number of ether oxygens (including phenoxy) is 6. The van der Waals surface area contributed by atoms with Gasteiger partial charge in [-0.2, -0.15) is 10.5 Å². The fourth-order valence-electron chi connectivity index (χ4n) is 11.3. The number of unbranched alkanes of at least 4 members (excludes halogenated alkanes) is 22. The summed E-state index contributed by atoms with van der Waals surface area (Å²) in [5.41, 5.74) is 11.1. The number of carbonyl (C=O) groups is 2. The molecule has 0 aromatic heterocycles. The summed E-state index contributed by atoms with van der Waals surface area (Å²) < 4.78 is 35.2. The molecule has 0 aliphatic rings. The average Bonchev–Trinajstić information content (AvgIpc) is 1.58. The summed E-state index contributed by atoms with van der Waals surface area (Å²) in [6.45, 7) is 3.76. The highest BCUT2D eigenvalue weighted by atomic mass is 16.5. The Morgan fingerprint density at radius 2 is 0.398 bits per heavy atom. The van der Waals surface area contributed by atoms with Crippen molar-refractivity contribution in [3.05, 3.63) is 216 Å². The molecular weight excluding hydrogens is 1150 g/mol. The van der Waals surface area contributed by atoms with Gasteiger partial charge in [-0.05, 0) is 180 Å². The van der Waals surface area contributed by atoms with Crippen molar-refractivity contribution in [2.24, 2.45) is 0 Å². The molecule has 8 aromatic rings. The first-order chi connectivity index (χ1) is 45.9. The molecule has 8 rings (SSSR count). The van der Waals surface area contributed by atoms with Crippen LogP contribution in [0.1, 0.15) is 192 Å². The van der Waals surface area contributed by atoms with Gasteiger partial charge in [0.1, 0.15) is 23.0 Å². The highest BCUT2D eigenvalue weighted by Gasteiger charge is 2.11. The van der Waals surface area contributed by atoms with E-state index in [0.717, 1.165) is 145 Å². The van der Waals surface area contributed by atoms with E-state index >= 15 is 0 Å². The number of esters is 2. The minimum Gasteiger partial charge on any atom is -0.494 e. The van der Waals surface area contributed by atoms with Crippen molar-refractivity contribution >= 4 is 11.9 Å². The predicted molar refractivity (Wildman–Crippen MR) is 375 cm³/mol. The second-order valence-electron chi connectivity index (χ2n) is 24.1. The fraction of sp³-hybridized carbons (Fsp3) is 0.373. The summed E-state index contributed by atoms with van der Waals surface area (Å²) in [4.78, 5) is 25.5. The van der Waals surface area contributed by atoms with Crippen molar-refractivity contribution in [3.8, 4) is 79.6 Å². The third-order valence-electron chi connectivity index (χ3n) is 16.9. The van der Waals surface area contributed by atoms with Crippen LogP contribution in [0.2, 0.25) is 0 Å². The highest BCUT2D eigenvalue weighted by molar-refractivity contribution is 5.90. The molecule has 484 valence electrons. The van der Waals surface area contributed by atoms with Gasteiger partial charge in [0.05, 0.1) is 74.0 Å². The van der Waals surface area contributed by atoms with Crippen LogP contribution in [0.15, 0.2) is 194 Å². The lowest BCUT2D eigenvalue weighted by Gasteiger charge is -2.09. The van der Waals surface area contributed by atoms with E-state index in [2.05, 4.69) is 60.7 Å². The van der Waals surface area contributed by atoms with Crippen molar-refractivity contribution in [3.63, 3.8) is 0 Å². The molecule has 0 spiro atoms. The van der Waals surface area contributed by atoms with Crippen LogP contribution in [0.25, 0.3) is 44.5 Å². The normalized spacial score (nSPS) is 10.9. The van der Waals surface area contributed by atoms with E-state index in [1.54, 1.807) is 0 Å². The Morgan fingerprint density at radius 3 is 0.602 bits per heavy atom. The molecule has 0 N–H and O–H groups in total. The van der Waals surface area contributed by atoms with E-state index in [0.29, 0.717) is 61.9 Å². The Bertz CT molecular complexity index is 3230. The third-order valence-corrected chi connectivity index (χ3v) is 16.9. The maximum absolute atomic E-state index is 12.7. The first kappa shape index (κ1) is 69.8. The number of hydrogen-bond donors (Lipinski definition) is 0. The molecule has 0 unspecified atom stereocenters. The van der Waals surface area contributed by atoms with Crippen molar-refractivity contribution in [1.82, 2.24) is 0 Å². The Kier molecular flexibility index (Phi) is 31.0. The van der Waals surface area contributed by atoms with Gasteiger partial charge in [-0.25, -0.2) is 9.59 Å². The van der Waals surface area contributed by atoms with Gasteiger partial charge in [0, 0.05) is 0 Å². The Morgan fingerprint density at radius 1 is 0.226 bits per heavy atom. The van der Waals surface area contributed by atoms with Crippen molar-refractivity contribution in [2.45, 2.75) is 161 Å². The molecule has 0 fully saturated rings. The topological polar surface area (TPSA) is 137 Å². The molecule has 0 aliphatic heterocycles. The molecule has 0 amide bonds. The van der Waals surface area contributed by atoms with Gasteiger partial charge in [-0.15, -0.1) is 0 Å². The number of nitriles is 2. The van der Waals surface area contributed by atoms with Gasteiger partial charge in [-0.1, -0.05) is 219 Å². The van der Waals surface area contributed by atoms with Crippen LogP contribution in [-0.2, 0) is 9.47 Å². The van der Waals surface area contributed by atoms with Crippen LogP contribution >= 0.6 is 0 Å². The Labute approximate surface area is 553 Å². The Balaban J connectivity index is 0.549. The molecular formula is C83H94N2O8. The van der Waals surface area contributed by atoms with Crippen LogP contribution in [-0.4, -0.2) is 51.6 Å². The van der Waals surface area contributed by atoms with Crippen LogP contribution in [0.4, 0.5) is 0 Å². The lowest BCUT2D eigenvalue weighted by Crippen LogP contribution is -2.06. The minimum atomic E-state index is -0.270. The van der Waals surface area contributed by atoms with Gasteiger partial charge < -0.3 is 28.4 Å². The molecule has 0 radical (unpaired) electrons. The van der Waals surface area contributed by atoms with Gasteiger partial charge in [0.2, 0.25) is 0 Å². The van der Waals surface area contributed by atoms with E-state index in [9.17, 15) is 9.59 Å². The number of benzene rings is 8. The summed E-state index contributed by atoms with van der Waals surface area (Å²) in [6, 6.07) is 67.5. The molecule has 93 heavy (non-hydrogen) atoms. The zero-order chi connectivity index (χ0) is 64.6. The number of nitrogens with zero attached hydrogens (tertiary/aromatic N) is 2. The standard InChI is InChI=1S/C83H94N2O8/c84-64-66-26-30-68(31-27-66)72-42-50-78(51-43-72)88-60-22-16-10-4-6-12-18-24-62-92-82(86)76-38-34-70(35-39-76)74-46-54-80(55-47-74)90-58-20-14-8-2-1-3-9-15-21-59-91-81-56-48-75(49-57-81)71-36-40-77(41-37-71)83(87)93-63-25-19-13-7-5-11-17-23-61-89-79-52-44-73(45-53-79)69-32-28-67(65-85)29-33-69/h26-57H,1-25,58-63H2. The number of carbonyl (C=O) groups excluding carboxylic acids is 2. The molecule has 0 heterocycles. The van der Waals surface area contributed by atoms with E-state index in [4.69, 9.17) is 38.9 Å². The van der Waals surface area contributed by atoms with Crippen LogP contribution in [0.3, 0.4) is 0 Å². The smallest absolute Gasteiger partial charge is 0.338 e. The molecule has 0 saturated heterocycles. The van der Waals surface area contributed by atoms with Crippen LogP contribution < -0.4 is 18.9 Å².